The van der Waals surface area contributed by atoms with Crippen molar-refractivity contribution < 1.29 is 17.9 Å². The van der Waals surface area contributed by atoms with Crippen LogP contribution in [0.4, 0.5) is 13.2 Å². The number of ether oxygens (including phenoxy) is 1. The maximum atomic E-state index is 11.9. The summed E-state index contributed by atoms with van der Waals surface area (Å²) >= 11 is 0. The van der Waals surface area contributed by atoms with Gasteiger partial charge in [-0.3, -0.25) is 4.90 Å². The molecule has 1 saturated heterocycles. The van der Waals surface area contributed by atoms with Crippen LogP contribution in [0.5, 0.6) is 0 Å². The molecule has 3 nitrogen and oxygen atoms in total. The average molecular weight is 268 g/mol. The van der Waals surface area contributed by atoms with Crippen molar-refractivity contribution in [2.45, 2.75) is 44.9 Å². The second-order valence-corrected chi connectivity index (χ2v) is 4.88. The first-order valence-electron chi connectivity index (χ1n) is 6.54. The van der Waals surface area contributed by atoms with Crippen LogP contribution in [0.3, 0.4) is 0 Å². The summed E-state index contributed by atoms with van der Waals surface area (Å²) in [6.45, 7) is 6.03. The maximum absolute atomic E-state index is 11.9. The second kappa shape index (κ2) is 7.31. The SMILES string of the molecule is CCC1CN(CCCOCC(F)(F)F)C(C)CN1. The highest BCUT2D eigenvalue weighted by Crippen LogP contribution is 2.14. The van der Waals surface area contributed by atoms with Gasteiger partial charge in [-0.05, 0) is 19.8 Å². The summed E-state index contributed by atoms with van der Waals surface area (Å²) in [4.78, 5) is 2.32. The lowest BCUT2D eigenvalue weighted by Gasteiger charge is -2.38. The van der Waals surface area contributed by atoms with Crippen molar-refractivity contribution in [1.29, 1.82) is 0 Å². The van der Waals surface area contributed by atoms with E-state index in [0.29, 0.717) is 18.5 Å². The van der Waals surface area contributed by atoms with Crippen LogP contribution in [-0.4, -0.2) is 56.0 Å². The molecule has 0 aliphatic carbocycles. The Morgan fingerprint density at radius 2 is 2.11 bits per heavy atom. The van der Waals surface area contributed by atoms with Crippen molar-refractivity contribution in [1.82, 2.24) is 10.2 Å². The molecule has 1 rings (SSSR count). The normalized spacial score (nSPS) is 26.5. The fourth-order valence-corrected chi connectivity index (χ4v) is 2.14. The molecule has 2 unspecified atom stereocenters. The van der Waals surface area contributed by atoms with Gasteiger partial charge in [0, 0.05) is 38.3 Å². The zero-order valence-corrected chi connectivity index (χ0v) is 11.1. The fraction of sp³-hybridized carbons (Fsp3) is 1.00. The van der Waals surface area contributed by atoms with Gasteiger partial charge in [-0.25, -0.2) is 0 Å². The molecule has 18 heavy (non-hydrogen) atoms. The Hall–Kier alpha value is -0.330. The number of halogens is 3. The summed E-state index contributed by atoms with van der Waals surface area (Å²) in [6.07, 6.45) is -2.49. The third kappa shape index (κ3) is 6.02. The van der Waals surface area contributed by atoms with Crippen LogP contribution in [0.2, 0.25) is 0 Å². The highest BCUT2D eigenvalue weighted by atomic mass is 19.4. The predicted octanol–water partition coefficient (Wildman–Crippen LogP) is 2.03. The van der Waals surface area contributed by atoms with E-state index in [-0.39, 0.29) is 6.61 Å². The Labute approximate surface area is 107 Å². The molecule has 1 heterocycles. The van der Waals surface area contributed by atoms with E-state index in [0.717, 1.165) is 26.1 Å². The Morgan fingerprint density at radius 3 is 2.72 bits per heavy atom. The van der Waals surface area contributed by atoms with Gasteiger partial charge < -0.3 is 10.1 Å². The summed E-state index contributed by atoms with van der Waals surface area (Å²) in [5.41, 5.74) is 0. The molecule has 0 bridgehead atoms. The first-order valence-corrected chi connectivity index (χ1v) is 6.54. The Balaban J connectivity index is 2.13. The first kappa shape index (κ1) is 15.7. The summed E-state index contributed by atoms with van der Waals surface area (Å²) in [5.74, 6) is 0. The van der Waals surface area contributed by atoms with Gasteiger partial charge in [-0.2, -0.15) is 13.2 Å². The molecule has 1 aliphatic heterocycles. The van der Waals surface area contributed by atoms with E-state index in [1.165, 1.54) is 0 Å². The van der Waals surface area contributed by atoms with Crippen LogP contribution >= 0.6 is 0 Å². The summed E-state index contributed by atoms with van der Waals surface area (Å²) < 4.78 is 40.2. The van der Waals surface area contributed by atoms with Gasteiger partial charge in [0.15, 0.2) is 0 Å². The Bertz CT molecular complexity index is 236. The maximum Gasteiger partial charge on any atom is 0.411 e. The molecule has 2 atom stereocenters. The quantitative estimate of drug-likeness (QED) is 0.746. The van der Waals surface area contributed by atoms with Gasteiger partial charge in [0.25, 0.3) is 0 Å². The van der Waals surface area contributed by atoms with Crippen molar-refractivity contribution in [3.8, 4) is 0 Å². The topological polar surface area (TPSA) is 24.5 Å². The first-order chi connectivity index (χ1) is 8.42. The van der Waals surface area contributed by atoms with E-state index < -0.39 is 12.8 Å². The molecule has 0 amide bonds. The number of piperazine rings is 1. The smallest absolute Gasteiger partial charge is 0.372 e. The minimum absolute atomic E-state index is 0.174. The largest absolute Gasteiger partial charge is 0.411 e. The van der Waals surface area contributed by atoms with Gasteiger partial charge in [0.05, 0.1) is 0 Å². The monoisotopic (exact) mass is 268 g/mol. The van der Waals surface area contributed by atoms with Crippen molar-refractivity contribution in [3.05, 3.63) is 0 Å². The number of rotatable bonds is 6. The molecule has 0 aromatic carbocycles. The van der Waals surface area contributed by atoms with Crippen molar-refractivity contribution in [2.75, 3.05) is 32.8 Å². The standard InChI is InChI=1S/C12H23F3N2O/c1-3-11-8-17(10(2)7-16-11)5-4-6-18-9-12(13,14)15/h10-11,16H,3-9H2,1-2H3. The predicted molar refractivity (Wildman–Crippen MR) is 64.6 cm³/mol. The molecular weight excluding hydrogens is 245 g/mol. The molecular formula is C12H23F3N2O. The second-order valence-electron chi connectivity index (χ2n) is 4.88. The highest BCUT2D eigenvalue weighted by Gasteiger charge is 2.27. The van der Waals surface area contributed by atoms with Crippen LogP contribution in [0.15, 0.2) is 0 Å². The number of hydrogen-bond donors (Lipinski definition) is 1. The number of hydrogen-bond acceptors (Lipinski definition) is 3. The summed E-state index contributed by atoms with van der Waals surface area (Å²) in [5, 5.41) is 3.45. The number of nitrogens with one attached hydrogen (secondary N) is 1. The molecule has 0 aromatic rings. The van der Waals surface area contributed by atoms with Gasteiger partial charge in [0.1, 0.15) is 6.61 Å². The van der Waals surface area contributed by atoms with Crippen LogP contribution < -0.4 is 5.32 Å². The summed E-state index contributed by atoms with van der Waals surface area (Å²) in [7, 11) is 0. The molecule has 1 aliphatic rings. The van der Waals surface area contributed by atoms with Gasteiger partial charge in [-0.15, -0.1) is 0 Å². The Morgan fingerprint density at radius 1 is 1.39 bits per heavy atom. The molecule has 108 valence electrons. The molecule has 0 spiro atoms. The lowest BCUT2D eigenvalue weighted by Crippen LogP contribution is -2.55. The minimum atomic E-state index is -4.21. The molecule has 0 saturated carbocycles. The van der Waals surface area contributed by atoms with Crippen molar-refractivity contribution >= 4 is 0 Å². The van der Waals surface area contributed by atoms with Crippen molar-refractivity contribution in [3.63, 3.8) is 0 Å². The van der Waals surface area contributed by atoms with E-state index >= 15 is 0 Å². The lowest BCUT2D eigenvalue weighted by molar-refractivity contribution is -0.174. The third-order valence-corrected chi connectivity index (χ3v) is 3.27. The third-order valence-electron chi connectivity index (χ3n) is 3.27. The van der Waals surface area contributed by atoms with E-state index in [2.05, 4.69) is 28.8 Å². The molecule has 6 heteroatoms. The van der Waals surface area contributed by atoms with E-state index in [1.54, 1.807) is 0 Å². The minimum Gasteiger partial charge on any atom is -0.372 e. The zero-order valence-electron chi connectivity index (χ0n) is 11.1. The van der Waals surface area contributed by atoms with Crippen LogP contribution in [0.25, 0.3) is 0 Å². The lowest BCUT2D eigenvalue weighted by atomic mass is 10.1. The van der Waals surface area contributed by atoms with Crippen LogP contribution in [0.1, 0.15) is 26.7 Å². The van der Waals surface area contributed by atoms with Crippen molar-refractivity contribution in [2.24, 2.45) is 0 Å². The molecule has 1 N–H and O–H groups in total. The zero-order chi connectivity index (χ0) is 13.6. The van der Waals surface area contributed by atoms with Gasteiger partial charge in [-0.1, -0.05) is 6.92 Å². The van der Waals surface area contributed by atoms with Crippen LogP contribution in [0, 0.1) is 0 Å². The average Bonchev–Trinajstić information content (AvgIpc) is 2.29. The van der Waals surface area contributed by atoms with E-state index in [9.17, 15) is 13.2 Å². The molecule has 0 radical (unpaired) electrons. The number of nitrogens with zero attached hydrogens (tertiary/aromatic N) is 1. The molecule has 0 aromatic heterocycles. The van der Waals surface area contributed by atoms with Gasteiger partial charge in [0.2, 0.25) is 0 Å². The van der Waals surface area contributed by atoms with E-state index in [1.807, 2.05) is 0 Å². The molecule has 1 fully saturated rings. The van der Waals surface area contributed by atoms with E-state index in [4.69, 9.17) is 0 Å². The van der Waals surface area contributed by atoms with Crippen LogP contribution in [-0.2, 0) is 4.74 Å². The Kier molecular flexibility index (Phi) is 6.38. The summed E-state index contributed by atoms with van der Waals surface area (Å²) in [6, 6.07) is 0.938. The number of alkyl halides is 3. The highest BCUT2D eigenvalue weighted by molar-refractivity contribution is 4.82. The fourth-order valence-electron chi connectivity index (χ4n) is 2.14. The van der Waals surface area contributed by atoms with Gasteiger partial charge >= 0.3 is 6.18 Å².